The Hall–Kier alpha value is -0.870. The highest BCUT2D eigenvalue weighted by Crippen LogP contribution is 2.22. The molecule has 104 valence electrons. The van der Waals surface area contributed by atoms with Crippen molar-refractivity contribution in [2.75, 3.05) is 27.2 Å². The number of rotatable bonds is 2. The smallest absolute Gasteiger partial charge is 0.254 e. The molecule has 1 aromatic rings. The predicted octanol–water partition coefficient (Wildman–Crippen LogP) is 2.92. The maximum Gasteiger partial charge on any atom is 0.254 e. The van der Waals surface area contributed by atoms with Gasteiger partial charge in [0.05, 0.1) is 5.56 Å². The fraction of sp³-hybridized carbons (Fsp3) is 0.533. The van der Waals surface area contributed by atoms with Gasteiger partial charge in [-0.3, -0.25) is 4.79 Å². The van der Waals surface area contributed by atoms with E-state index in [1.54, 1.807) is 0 Å². The lowest BCUT2D eigenvalue weighted by Gasteiger charge is -2.35. The zero-order valence-electron chi connectivity index (χ0n) is 11.8. The second-order valence-corrected chi connectivity index (χ2v) is 6.29. The SMILES string of the molecule is Cc1ccc(C(=O)N(C)C2CCN(C)CC2)c(Br)c1. The largest absolute Gasteiger partial charge is 0.339 e. The van der Waals surface area contributed by atoms with Crippen LogP contribution in [0.3, 0.4) is 0 Å². The molecule has 0 aromatic heterocycles. The van der Waals surface area contributed by atoms with Crippen LogP contribution in [0.5, 0.6) is 0 Å². The third kappa shape index (κ3) is 3.37. The molecule has 1 aliphatic heterocycles. The fourth-order valence-electron chi connectivity index (χ4n) is 2.53. The van der Waals surface area contributed by atoms with Crippen molar-refractivity contribution in [3.05, 3.63) is 33.8 Å². The van der Waals surface area contributed by atoms with E-state index >= 15 is 0 Å². The molecule has 1 heterocycles. The van der Waals surface area contributed by atoms with E-state index in [-0.39, 0.29) is 5.91 Å². The summed E-state index contributed by atoms with van der Waals surface area (Å²) < 4.78 is 0.886. The predicted molar refractivity (Wildman–Crippen MR) is 81.5 cm³/mol. The summed E-state index contributed by atoms with van der Waals surface area (Å²) in [5, 5.41) is 0. The number of aryl methyl sites for hydroxylation is 1. The van der Waals surface area contributed by atoms with Crippen LogP contribution in [-0.2, 0) is 0 Å². The first-order valence-electron chi connectivity index (χ1n) is 6.71. The minimum absolute atomic E-state index is 0.112. The van der Waals surface area contributed by atoms with Gasteiger partial charge in [-0.05, 0) is 73.5 Å². The van der Waals surface area contributed by atoms with E-state index in [0.29, 0.717) is 6.04 Å². The Bertz CT molecular complexity index is 467. The molecule has 0 saturated carbocycles. The summed E-state index contributed by atoms with van der Waals surface area (Å²) in [6, 6.07) is 6.25. The topological polar surface area (TPSA) is 23.6 Å². The normalized spacial score (nSPS) is 17.5. The molecule has 1 fully saturated rings. The van der Waals surface area contributed by atoms with Crippen LogP contribution >= 0.6 is 15.9 Å². The number of benzene rings is 1. The molecule has 0 bridgehead atoms. The van der Waals surface area contributed by atoms with E-state index in [4.69, 9.17) is 0 Å². The van der Waals surface area contributed by atoms with E-state index in [9.17, 15) is 4.79 Å². The van der Waals surface area contributed by atoms with Crippen molar-refractivity contribution in [1.29, 1.82) is 0 Å². The van der Waals surface area contributed by atoms with Gasteiger partial charge in [0.2, 0.25) is 0 Å². The van der Waals surface area contributed by atoms with Gasteiger partial charge in [-0.2, -0.15) is 0 Å². The summed E-state index contributed by atoms with van der Waals surface area (Å²) in [5.74, 6) is 0.112. The van der Waals surface area contributed by atoms with Crippen LogP contribution in [0.4, 0.5) is 0 Å². The molecule has 0 radical (unpaired) electrons. The van der Waals surface area contributed by atoms with Crippen LogP contribution in [0.2, 0.25) is 0 Å². The molecule has 4 heteroatoms. The molecule has 0 atom stereocenters. The molecule has 1 amide bonds. The van der Waals surface area contributed by atoms with Gasteiger partial charge in [0, 0.05) is 17.6 Å². The van der Waals surface area contributed by atoms with Gasteiger partial charge in [0.1, 0.15) is 0 Å². The van der Waals surface area contributed by atoms with Crippen molar-refractivity contribution >= 4 is 21.8 Å². The molecular weight excluding hydrogens is 304 g/mol. The first-order chi connectivity index (χ1) is 8.99. The molecule has 3 nitrogen and oxygen atoms in total. The van der Waals surface area contributed by atoms with Crippen LogP contribution in [0.15, 0.2) is 22.7 Å². The first-order valence-corrected chi connectivity index (χ1v) is 7.50. The molecular formula is C15H21BrN2O. The summed E-state index contributed by atoms with van der Waals surface area (Å²) in [5.41, 5.74) is 1.91. The highest BCUT2D eigenvalue weighted by atomic mass is 79.9. The highest BCUT2D eigenvalue weighted by molar-refractivity contribution is 9.10. The number of carbonyl (C=O) groups excluding carboxylic acids is 1. The third-order valence-corrected chi connectivity index (χ3v) is 4.57. The summed E-state index contributed by atoms with van der Waals surface area (Å²) in [6.45, 7) is 4.16. The Morgan fingerprint density at radius 2 is 2.00 bits per heavy atom. The van der Waals surface area contributed by atoms with Crippen LogP contribution in [0.1, 0.15) is 28.8 Å². The minimum Gasteiger partial charge on any atom is -0.339 e. The van der Waals surface area contributed by atoms with Gasteiger partial charge < -0.3 is 9.80 Å². The molecule has 0 spiro atoms. The molecule has 1 aliphatic rings. The Balaban J connectivity index is 2.10. The van der Waals surface area contributed by atoms with Crippen LogP contribution in [-0.4, -0.2) is 48.9 Å². The number of hydrogen-bond donors (Lipinski definition) is 0. The number of likely N-dealkylation sites (tertiary alicyclic amines) is 1. The van der Waals surface area contributed by atoms with E-state index in [1.165, 1.54) is 0 Å². The van der Waals surface area contributed by atoms with Crippen molar-refractivity contribution in [2.24, 2.45) is 0 Å². The first kappa shape index (κ1) is 14.5. The fourth-order valence-corrected chi connectivity index (χ4v) is 3.19. The molecule has 1 saturated heterocycles. The number of hydrogen-bond acceptors (Lipinski definition) is 2. The summed E-state index contributed by atoms with van der Waals surface area (Å²) in [4.78, 5) is 16.8. The van der Waals surface area contributed by atoms with Gasteiger partial charge >= 0.3 is 0 Å². The molecule has 0 unspecified atom stereocenters. The van der Waals surface area contributed by atoms with Crippen LogP contribution < -0.4 is 0 Å². The molecule has 2 rings (SSSR count). The Labute approximate surface area is 123 Å². The van der Waals surface area contributed by atoms with E-state index in [0.717, 1.165) is 41.5 Å². The van der Waals surface area contributed by atoms with E-state index in [1.807, 2.05) is 37.1 Å². The molecule has 0 aliphatic carbocycles. The number of halogens is 1. The highest BCUT2D eigenvalue weighted by Gasteiger charge is 2.25. The second kappa shape index (κ2) is 6.06. The van der Waals surface area contributed by atoms with E-state index in [2.05, 4.69) is 27.9 Å². The Morgan fingerprint density at radius 1 is 1.37 bits per heavy atom. The van der Waals surface area contributed by atoms with Crippen molar-refractivity contribution in [3.63, 3.8) is 0 Å². The van der Waals surface area contributed by atoms with Gasteiger partial charge in [-0.25, -0.2) is 0 Å². The van der Waals surface area contributed by atoms with Gasteiger partial charge in [0.25, 0.3) is 5.91 Å². The van der Waals surface area contributed by atoms with Gasteiger partial charge in [0.15, 0.2) is 0 Å². The lowest BCUT2D eigenvalue weighted by atomic mass is 10.0. The summed E-state index contributed by atoms with van der Waals surface area (Å²) in [7, 11) is 4.05. The second-order valence-electron chi connectivity index (χ2n) is 5.43. The zero-order valence-corrected chi connectivity index (χ0v) is 13.4. The maximum atomic E-state index is 12.5. The van der Waals surface area contributed by atoms with Crippen molar-refractivity contribution in [2.45, 2.75) is 25.8 Å². The quantitative estimate of drug-likeness (QED) is 0.835. The van der Waals surface area contributed by atoms with Crippen molar-refractivity contribution < 1.29 is 4.79 Å². The van der Waals surface area contributed by atoms with Crippen LogP contribution in [0.25, 0.3) is 0 Å². The van der Waals surface area contributed by atoms with Crippen molar-refractivity contribution in [3.8, 4) is 0 Å². The summed E-state index contributed by atoms with van der Waals surface area (Å²) in [6.07, 6.45) is 2.12. The standard InChI is InChI=1S/C15H21BrN2O/c1-11-4-5-13(14(16)10-11)15(19)18(3)12-6-8-17(2)9-7-12/h4-5,10,12H,6-9H2,1-3H3. The lowest BCUT2D eigenvalue weighted by Crippen LogP contribution is -2.44. The van der Waals surface area contributed by atoms with E-state index < -0.39 is 0 Å². The number of nitrogens with zero attached hydrogens (tertiary/aromatic N) is 2. The third-order valence-electron chi connectivity index (χ3n) is 3.91. The van der Waals surface area contributed by atoms with Gasteiger partial charge in [-0.1, -0.05) is 6.07 Å². The molecule has 0 N–H and O–H groups in total. The summed E-state index contributed by atoms with van der Waals surface area (Å²) >= 11 is 3.49. The number of piperidine rings is 1. The Kier molecular flexibility index (Phi) is 4.63. The molecule has 19 heavy (non-hydrogen) atoms. The number of carbonyl (C=O) groups is 1. The zero-order chi connectivity index (χ0) is 14.0. The Morgan fingerprint density at radius 3 is 2.58 bits per heavy atom. The minimum atomic E-state index is 0.112. The van der Waals surface area contributed by atoms with Crippen molar-refractivity contribution in [1.82, 2.24) is 9.80 Å². The molecule has 1 aromatic carbocycles. The van der Waals surface area contributed by atoms with Crippen LogP contribution in [0, 0.1) is 6.92 Å². The average molecular weight is 325 g/mol. The van der Waals surface area contributed by atoms with Gasteiger partial charge in [-0.15, -0.1) is 0 Å². The average Bonchev–Trinajstić information content (AvgIpc) is 2.38. The monoisotopic (exact) mass is 324 g/mol. The maximum absolute atomic E-state index is 12.5. The lowest BCUT2D eigenvalue weighted by molar-refractivity contribution is 0.0658. The number of amides is 1.